The fourth-order valence-corrected chi connectivity index (χ4v) is 1.08. The minimum atomic E-state index is 0.677. The molecule has 0 saturated heterocycles. The van der Waals surface area contributed by atoms with Gasteiger partial charge in [-0.2, -0.15) is 5.26 Å². The second-order valence-corrected chi connectivity index (χ2v) is 3.11. The predicted octanol–water partition coefficient (Wildman–Crippen LogP) is 2.94. The fourth-order valence-electron chi connectivity index (χ4n) is 1.08. The van der Waals surface area contributed by atoms with Gasteiger partial charge in [0.2, 0.25) is 0 Å². The summed E-state index contributed by atoms with van der Waals surface area (Å²) in [6.45, 7) is 6.70. The van der Waals surface area contributed by atoms with Gasteiger partial charge < -0.3 is 5.32 Å². The van der Waals surface area contributed by atoms with Crippen molar-refractivity contribution in [2.75, 3.05) is 11.9 Å². The largest absolute Gasteiger partial charge is 0.380 e. The Morgan fingerprint density at radius 3 is 2.86 bits per heavy atom. The first kappa shape index (κ1) is 10.3. The zero-order valence-corrected chi connectivity index (χ0v) is 8.38. The normalized spacial score (nSPS) is 9.14. The molecule has 1 aromatic rings. The van der Waals surface area contributed by atoms with E-state index in [9.17, 15) is 0 Å². The number of nitrogens with zero attached hydrogens (tertiary/aromatic N) is 1. The highest BCUT2D eigenvalue weighted by Gasteiger charge is 1.99. The molecule has 1 N–H and O–H groups in total. The monoisotopic (exact) mass is 186 g/mol. The van der Waals surface area contributed by atoms with Crippen molar-refractivity contribution in [1.82, 2.24) is 0 Å². The molecule has 1 rings (SSSR count). The summed E-state index contributed by atoms with van der Waals surface area (Å²) in [4.78, 5) is 0. The van der Waals surface area contributed by atoms with E-state index in [4.69, 9.17) is 5.26 Å². The van der Waals surface area contributed by atoms with Gasteiger partial charge in [0.25, 0.3) is 0 Å². The van der Waals surface area contributed by atoms with Gasteiger partial charge in [0.1, 0.15) is 6.07 Å². The first-order valence-electron chi connectivity index (χ1n) is 4.67. The molecule has 0 saturated carbocycles. The molecule has 1 aromatic carbocycles. The Morgan fingerprint density at radius 1 is 1.50 bits per heavy atom. The molecule has 0 spiro atoms. The number of rotatable bonds is 4. The van der Waals surface area contributed by atoms with Gasteiger partial charge in [-0.05, 0) is 18.6 Å². The van der Waals surface area contributed by atoms with Crippen LogP contribution in [-0.4, -0.2) is 6.54 Å². The fraction of sp³-hybridized carbons (Fsp3) is 0.250. The minimum absolute atomic E-state index is 0.677. The summed E-state index contributed by atoms with van der Waals surface area (Å²) >= 11 is 0. The highest BCUT2D eigenvalue weighted by Crippen LogP contribution is 2.13. The van der Waals surface area contributed by atoms with Gasteiger partial charge in [-0.1, -0.05) is 31.2 Å². The average Bonchev–Trinajstić information content (AvgIpc) is 2.26. The molecule has 0 aliphatic rings. The maximum absolute atomic E-state index is 8.83. The molecule has 0 bridgehead atoms. The van der Waals surface area contributed by atoms with E-state index in [1.807, 2.05) is 18.2 Å². The molecule has 0 radical (unpaired) electrons. The van der Waals surface area contributed by atoms with Crippen LogP contribution in [0.4, 0.5) is 5.69 Å². The van der Waals surface area contributed by atoms with Crippen LogP contribution in [0.1, 0.15) is 18.9 Å². The smallest absolute Gasteiger partial charge is 0.101 e. The topological polar surface area (TPSA) is 35.8 Å². The maximum Gasteiger partial charge on any atom is 0.101 e. The van der Waals surface area contributed by atoms with Crippen LogP contribution in [0, 0.1) is 11.3 Å². The van der Waals surface area contributed by atoms with Crippen LogP contribution in [0.15, 0.2) is 36.4 Å². The molecule has 2 heteroatoms. The summed E-state index contributed by atoms with van der Waals surface area (Å²) in [5.41, 5.74) is 2.69. The summed E-state index contributed by atoms with van der Waals surface area (Å²) in [6.07, 6.45) is 0.960. The number of hydrogen-bond donors (Lipinski definition) is 1. The second-order valence-electron chi connectivity index (χ2n) is 3.11. The average molecular weight is 186 g/mol. The van der Waals surface area contributed by atoms with Gasteiger partial charge in [0.15, 0.2) is 0 Å². The Hall–Kier alpha value is -1.75. The van der Waals surface area contributed by atoms with Crippen LogP contribution in [-0.2, 0) is 0 Å². The van der Waals surface area contributed by atoms with Gasteiger partial charge in [0.05, 0.1) is 11.3 Å². The third-order valence-electron chi connectivity index (χ3n) is 2.08. The lowest BCUT2D eigenvalue weighted by Gasteiger charge is -2.08. The van der Waals surface area contributed by atoms with Crippen molar-refractivity contribution >= 4 is 5.69 Å². The van der Waals surface area contributed by atoms with Crippen LogP contribution in [0.3, 0.4) is 0 Å². The van der Waals surface area contributed by atoms with Crippen molar-refractivity contribution in [3.63, 3.8) is 0 Å². The molecule has 0 heterocycles. The lowest BCUT2D eigenvalue weighted by atomic mass is 10.2. The van der Waals surface area contributed by atoms with Gasteiger partial charge in [-0.25, -0.2) is 0 Å². The van der Waals surface area contributed by atoms with Crippen LogP contribution in [0.5, 0.6) is 0 Å². The third kappa shape index (κ3) is 2.63. The van der Waals surface area contributed by atoms with Crippen molar-refractivity contribution < 1.29 is 0 Å². The summed E-state index contributed by atoms with van der Waals surface area (Å²) in [6, 6.07) is 9.63. The molecule has 0 aliphatic heterocycles. The molecule has 2 nitrogen and oxygen atoms in total. The Labute approximate surface area is 84.9 Å². The van der Waals surface area contributed by atoms with E-state index in [0.29, 0.717) is 5.56 Å². The van der Waals surface area contributed by atoms with Crippen molar-refractivity contribution in [1.29, 1.82) is 5.26 Å². The van der Waals surface area contributed by atoms with E-state index in [1.54, 1.807) is 6.07 Å². The molecule has 0 fully saturated rings. The van der Waals surface area contributed by atoms with Gasteiger partial charge in [0, 0.05) is 6.54 Å². The Kier molecular flexibility index (Phi) is 3.75. The predicted molar refractivity (Wildman–Crippen MR) is 59.1 cm³/mol. The molecule has 14 heavy (non-hydrogen) atoms. The lowest BCUT2D eigenvalue weighted by molar-refractivity contribution is 1.05. The van der Waals surface area contributed by atoms with Crippen molar-refractivity contribution in [3.05, 3.63) is 42.0 Å². The number of benzene rings is 1. The first-order valence-corrected chi connectivity index (χ1v) is 4.67. The van der Waals surface area contributed by atoms with Crippen LogP contribution in [0.25, 0.3) is 0 Å². The minimum Gasteiger partial charge on any atom is -0.380 e. The Bertz CT molecular complexity index is 361. The SMILES string of the molecule is C=C(CC)CNc1ccccc1C#N. The van der Waals surface area contributed by atoms with Crippen molar-refractivity contribution in [3.8, 4) is 6.07 Å². The third-order valence-corrected chi connectivity index (χ3v) is 2.08. The van der Waals surface area contributed by atoms with E-state index >= 15 is 0 Å². The van der Waals surface area contributed by atoms with Crippen molar-refractivity contribution in [2.45, 2.75) is 13.3 Å². The van der Waals surface area contributed by atoms with Crippen LogP contribution < -0.4 is 5.32 Å². The highest BCUT2D eigenvalue weighted by molar-refractivity contribution is 5.57. The summed E-state index contributed by atoms with van der Waals surface area (Å²) < 4.78 is 0. The zero-order chi connectivity index (χ0) is 10.4. The van der Waals surface area contributed by atoms with Crippen molar-refractivity contribution in [2.24, 2.45) is 0 Å². The van der Waals surface area contributed by atoms with E-state index in [0.717, 1.165) is 24.2 Å². The summed E-state index contributed by atoms with van der Waals surface area (Å²) in [5, 5.41) is 12.0. The number of nitrogens with one attached hydrogen (secondary N) is 1. The van der Waals surface area contributed by atoms with E-state index < -0.39 is 0 Å². The number of hydrogen-bond acceptors (Lipinski definition) is 2. The first-order chi connectivity index (χ1) is 6.77. The zero-order valence-electron chi connectivity index (χ0n) is 8.38. The maximum atomic E-state index is 8.83. The molecule has 0 amide bonds. The molecule has 0 aromatic heterocycles. The number of anilines is 1. The molecular weight excluding hydrogens is 172 g/mol. The summed E-state index contributed by atoms with van der Waals surface area (Å²) in [7, 11) is 0. The summed E-state index contributed by atoms with van der Waals surface area (Å²) in [5.74, 6) is 0. The standard InChI is InChI=1S/C12H14N2/c1-3-10(2)9-14-12-7-5-4-6-11(12)8-13/h4-7,14H,2-3,9H2,1H3. The van der Waals surface area contributed by atoms with E-state index in [2.05, 4.69) is 24.9 Å². The number of para-hydroxylation sites is 1. The Morgan fingerprint density at radius 2 is 2.21 bits per heavy atom. The molecule has 0 aliphatic carbocycles. The number of nitriles is 1. The van der Waals surface area contributed by atoms with E-state index in [-0.39, 0.29) is 0 Å². The highest BCUT2D eigenvalue weighted by atomic mass is 14.9. The molecular formula is C12H14N2. The Balaban J connectivity index is 2.68. The van der Waals surface area contributed by atoms with Crippen LogP contribution >= 0.6 is 0 Å². The second kappa shape index (κ2) is 5.08. The van der Waals surface area contributed by atoms with Gasteiger partial charge in [-0.3, -0.25) is 0 Å². The lowest BCUT2D eigenvalue weighted by Crippen LogP contribution is -2.04. The quantitative estimate of drug-likeness (QED) is 0.734. The van der Waals surface area contributed by atoms with Crippen LogP contribution in [0.2, 0.25) is 0 Å². The van der Waals surface area contributed by atoms with Gasteiger partial charge >= 0.3 is 0 Å². The molecule has 72 valence electrons. The molecule has 0 unspecified atom stereocenters. The van der Waals surface area contributed by atoms with Gasteiger partial charge in [-0.15, -0.1) is 0 Å². The molecule has 0 atom stereocenters. The van der Waals surface area contributed by atoms with E-state index in [1.165, 1.54) is 0 Å².